The van der Waals surface area contributed by atoms with Gasteiger partial charge in [0.05, 0.1) is 0 Å². The lowest BCUT2D eigenvalue weighted by molar-refractivity contribution is 0.302. The molecule has 0 radical (unpaired) electrons. The molecule has 5 N–H and O–H groups in total. The van der Waals surface area contributed by atoms with Gasteiger partial charge in [0.25, 0.3) is 0 Å². The average Bonchev–Trinajstić information content (AvgIpc) is 2.18. The number of hydrazine groups is 1. The standard InChI is InChI=1S/C8H21N5.HI/c1-3-13(4-2)7-5-6-11-8(9)12-10;/h3-7,10H2,1-2H3,(H3,9,11,12);1H. The molecule has 0 heterocycles. The molecule has 0 aliphatic heterocycles. The van der Waals surface area contributed by atoms with Crippen molar-refractivity contribution in [3.63, 3.8) is 0 Å². The third-order valence-corrected chi connectivity index (χ3v) is 1.96. The third kappa shape index (κ3) is 8.52. The first-order valence-electron chi connectivity index (χ1n) is 4.73. The predicted octanol–water partition coefficient (Wildman–Crippen LogP) is 0.114. The van der Waals surface area contributed by atoms with Crippen molar-refractivity contribution in [2.24, 2.45) is 16.6 Å². The first kappa shape index (κ1) is 16.4. The van der Waals surface area contributed by atoms with Gasteiger partial charge >= 0.3 is 0 Å². The molecule has 86 valence electrons. The molecule has 0 fully saturated rings. The van der Waals surface area contributed by atoms with E-state index in [-0.39, 0.29) is 24.0 Å². The minimum absolute atomic E-state index is 0. The molecule has 0 aliphatic rings. The summed E-state index contributed by atoms with van der Waals surface area (Å²) < 4.78 is 0. The third-order valence-electron chi connectivity index (χ3n) is 1.96. The minimum Gasteiger partial charge on any atom is -0.369 e. The van der Waals surface area contributed by atoms with E-state index in [1.807, 2.05) is 0 Å². The molecule has 0 saturated carbocycles. The summed E-state index contributed by atoms with van der Waals surface area (Å²) in [5, 5.41) is 0. The smallest absolute Gasteiger partial charge is 0.203 e. The van der Waals surface area contributed by atoms with Gasteiger partial charge in [-0.15, -0.1) is 24.0 Å². The molecule has 0 saturated heterocycles. The molecular weight excluding hydrogens is 293 g/mol. The number of guanidine groups is 1. The molecule has 6 heteroatoms. The molecule has 5 nitrogen and oxygen atoms in total. The SMILES string of the molecule is CCN(CC)CCCN=C(N)NN.I. The second-order valence-electron chi connectivity index (χ2n) is 2.79. The molecule has 0 atom stereocenters. The maximum Gasteiger partial charge on any atom is 0.203 e. The van der Waals surface area contributed by atoms with Gasteiger partial charge in [0.1, 0.15) is 0 Å². The summed E-state index contributed by atoms with van der Waals surface area (Å²) in [5.41, 5.74) is 7.65. The van der Waals surface area contributed by atoms with Crippen LogP contribution in [0.15, 0.2) is 4.99 Å². The summed E-state index contributed by atoms with van der Waals surface area (Å²) in [6.45, 7) is 8.28. The van der Waals surface area contributed by atoms with Crippen molar-refractivity contribution >= 4 is 29.9 Å². The Morgan fingerprint density at radius 2 is 1.93 bits per heavy atom. The predicted molar refractivity (Wildman–Crippen MR) is 71.6 cm³/mol. The van der Waals surface area contributed by atoms with Crippen LogP contribution in [0, 0.1) is 0 Å². The van der Waals surface area contributed by atoms with E-state index in [2.05, 4.69) is 29.2 Å². The molecule has 0 amide bonds. The molecule has 14 heavy (non-hydrogen) atoms. The van der Waals surface area contributed by atoms with Gasteiger partial charge in [0, 0.05) is 6.54 Å². The van der Waals surface area contributed by atoms with Crippen LogP contribution in [-0.2, 0) is 0 Å². The van der Waals surface area contributed by atoms with Gasteiger partial charge in [-0.25, -0.2) is 5.84 Å². The van der Waals surface area contributed by atoms with Crippen LogP contribution in [0.25, 0.3) is 0 Å². The Labute approximate surface area is 103 Å². The Bertz CT molecular complexity index is 147. The van der Waals surface area contributed by atoms with Crippen LogP contribution < -0.4 is 17.0 Å². The zero-order valence-electron chi connectivity index (χ0n) is 8.99. The first-order chi connectivity index (χ1) is 6.24. The van der Waals surface area contributed by atoms with Crippen LogP contribution >= 0.6 is 24.0 Å². The fourth-order valence-corrected chi connectivity index (χ4v) is 1.08. The molecule has 0 rings (SSSR count). The minimum atomic E-state index is 0. The second-order valence-corrected chi connectivity index (χ2v) is 2.79. The summed E-state index contributed by atoms with van der Waals surface area (Å²) in [4.78, 5) is 6.36. The number of nitrogens with one attached hydrogen (secondary N) is 1. The first-order valence-corrected chi connectivity index (χ1v) is 4.73. The Morgan fingerprint density at radius 1 is 1.36 bits per heavy atom. The van der Waals surface area contributed by atoms with Crippen LogP contribution in [0.2, 0.25) is 0 Å². The van der Waals surface area contributed by atoms with Crippen molar-refractivity contribution in [3.8, 4) is 0 Å². The van der Waals surface area contributed by atoms with Gasteiger partial charge in [-0.1, -0.05) is 13.8 Å². The van der Waals surface area contributed by atoms with Crippen LogP contribution in [0.3, 0.4) is 0 Å². The van der Waals surface area contributed by atoms with Gasteiger partial charge < -0.3 is 10.6 Å². The fourth-order valence-electron chi connectivity index (χ4n) is 1.08. The van der Waals surface area contributed by atoms with Gasteiger partial charge in [0.15, 0.2) is 0 Å². The number of hydrogen-bond donors (Lipinski definition) is 3. The average molecular weight is 315 g/mol. The highest BCUT2D eigenvalue weighted by molar-refractivity contribution is 14.0. The molecule has 0 aromatic heterocycles. The largest absolute Gasteiger partial charge is 0.369 e. The molecule has 0 spiro atoms. The summed E-state index contributed by atoms with van der Waals surface area (Å²) in [7, 11) is 0. The Morgan fingerprint density at radius 3 is 2.36 bits per heavy atom. The summed E-state index contributed by atoms with van der Waals surface area (Å²) >= 11 is 0. The molecule has 0 unspecified atom stereocenters. The van der Waals surface area contributed by atoms with E-state index in [1.165, 1.54) is 0 Å². The number of rotatable bonds is 6. The molecule has 0 bridgehead atoms. The van der Waals surface area contributed by atoms with E-state index in [0.717, 1.165) is 32.6 Å². The number of aliphatic imine (C=N–C) groups is 1. The van der Waals surface area contributed by atoms with Gasteiger partial charge in [-0.2, -0.15) is 0 Å². The molecule has 0 aromatic rings. The number of halogens is 1. The van der Waals surface area contributed by atoms with E-state index in [9.17, 15) is 0 Å². The Hall–Kier alpha value is -0.0800. The maximum atomic E-state index is 5.36. The molecule has 0 aliphatic carbocycles. The molecular formula is C8H22IN5. The van der Waals surface area contributed by atoms with Gasteiger partial charge in [-0.05, 0) is 26.1 Å². The van der Waals surface area contributed by atoms with Crippen LogP contribution in [-0.4, -0.2) is 37.0 Å². The summed E-state index contributed by atoms with van der Waals surface area (Å²) in [6, 6.07) is 0. The summed E-state index contributed by atoms with van der Waals surface area (Å²) in [5.74, 6) is 5.36. The van der Waals surface area contributed by atoms with Crippen LogP contribution in [0.5, 0.6) is 0 Å². The Balaban J connectivity index is 0. The fraction of sp³-hybridized carbons (Fsp3) is 0.875. The Kier molecular flexibility index (Phi) is 12.8. The van der Waals surface area contributed by atoms with Crippen molar-refractivity contribution in [2.45, 2.75) is 20.3 Å². The van der Waals surface area contributed by atoms with Gasteiger partial charge in [0.2, 0.25) is 5.96 Å². The zero-order valence-corrected chi connectivity index (χ0v) is 11.3. The van der Waals surface area contributed by atoms with Crippen molar-refractivity contribution in [1.82, 2.24) is 10.3 Å². The van der Waals surface area contributed by atoms with E-state index in [1.54, 1.807) is 0 Å². The van der Waals surface area contributed by atoms with E-state index >= 15 is 0 Å². The normalized spacial score (nSPS) is 11.3. The van der Waals surface area contributed by atoms with Gasteiger partial charge in [-0.3, -0.25) is 10.4 Å². The van der Waals surface area contributed by atoms with Crippen molar-refractivity contribution in [2.75, 3.05) is 26.2 Å². The second kappa shape index (κ2) is 11.0. The number of hydrogen-bond acceptors (Lipinski definition) is 3. The quantitative estimate of drug-likeness (QED) is 0.162. The maximum absolute atomic E-state index is 5.36. The van der Waals surface area contributed by atoms with Crippen molar-refractivity contribution in [3.05, 3.63) is 0 Å². The van der Waals surface area contributed by atoms with E-state index in [0.29, 0.717) is 5.96 Å². The topological polar surface area (TPSA) is 79.7 Å². The van der Waals surface area contributed by atoms with Crippen LogP contribution in [0.1, 0.15) is 20.3 Å². The van der Waals surface area contributed by atoms with E-state index in [4.69, 9.17) is 11.6 Å². The lowest BCUT2D eigenvalue weighted by atomic mass is 10.4. The van der Waals surface area contributed by atoms with Crippen molar-refractivity contribution < 1.29 is 0 Å². The highest BCUT2D eigenvalue weighted by Gasteiger charge is 1.96. The lowest BCUT2D eigenvalue weighted by Crippen LogP contribution is -2.37. The zero-order chi connectivity index (χ0) is 10.1. The summed E-state index contributed by atoms with van der Waals surface area (Å²) in [6.07, 6.45) is 1.02. The lowest BCUT2D eigenvalue weighted by Gasteiger charge is -2.16. The highest BCUT2D eigenvalue weighted by Crippen LogP contribution is 1.90. The van der Waals surface area contributed by atoms with E-state index < -0.39 is 0 Å². The monoisotopic (exact) mass is 315 g/mol. The molecule has 0 aromatic carbocycles. The highest BCUT2D eigenvalue weighted by atomic mass is 127. The number of nitrogens with two attached hydrogens (primary N) is 2. The van der Waals surface area contributed by atoms with Crippen LogP contribution in [0.4, 0.5) is 0 Å². The van der Waals surface area contributed by atoms with Crippen molar-refractivity contribution in [1.29, 1.82) is 0 Å². The number of nitrogens with zero attached hydrogens (tertiary/aromatic N) is 2.